The Hall–Kier alpha value is -0.120. The van der Waals surface area contributed by atoms with Crippen molar-refractivity contribution >= 4 is 0 Å². The number of hydrogen-bond donors (Lipinski definition) is 2. The maximum Gasteiger partial charge on any atom is 0.0621 e. The van der Waals surface area contributed by atoms with Crippen molar-refractivity contribution in [1.29, 1.82) is 0 Å². The lowest BCUT2D eigenvalue weighted by Gasteiger charge is -2.50. The molecule has 0 spiro atoms. The van der Waals surface area contributed by atoms with Crippen molar-refractivity contribution in [1.82, 2.24) is 10.2 Å². The number of rotatable bonds is 4. The number of nitrogens with zero attached hydrogens (tertiary/aromatic N) is 1. The van der Waals surface area contributed by atoms with Gasteiger partial charge in [0.25, 0.3) is 0 Å². The monoisotopic (exact) mass is 240 g/mol. The smallest absolute Gasteiger partial charge is 0.0621 e. The molecule has 2 N–H and O–H groups in total. The van der Waals surface area contributed by atoms with E-state index in [1.165, 1.54) is 32.2 Å². The van der Waals surface area contributed by atoms with Gasteiger partial charge in [-0.05, 0) is 45.8 Å². The number of piperidine rings is 1. The van der Waals surface area contributed by atoms with Crippen LogP contribution in [0.2, 0.25) is 0 Å². The molecule has 2 aliphatic rings. The lowest BCUT2D eigenvalue weighted by atomic mass is 9.64. The minimum absolute atomic E-state index is 0.0679. The first-order chi connectivity index (χ1) is 8.01. The zero-order valence-electron chi connectivity index (χ0n) is 11.6. The molecule has 3 heteroatoms. The number of nitrogens with one attached hydrogen (secondary N) is 1. The molecule has 1 heterocycles. The molecule has 1 aliphatic heterocycles. The van der Waals surface area contributed by atoms with E-state index in [-0.39, 0.29) is 11.5 Å². The van der Waals surface area contributed by atoms with Crippen LogP contribution >= 0.6 is 0 Å². The largest absolute Gasteiger partial charge is 0.392 e. The molecule has 0 aromatic rings. The molecule has 0 aromatic heterocycles. The molecule has 1 saturated carbocycles. The summed E-state index contributed by atoms with van der Waals surface area (Å²) in [6, 6.07) is 1.27. The van der Waals surface area contributed by atoms with Gasteiger partial charge in [-0.1, -0.05) is 20.3 Å². The number of likely N-dealkylation sites (tertiary alicyclic amines) is 1. The third kappa shape index (κ3) is 2.83. The standard InChI is InChI=1S/C14H28N2O/c1-14(2)12(10-13(14)17)15-8-7-11-6-4-5-9-16(11)3/h11-13,15,17H,4-10H2,1-3H3. The van der Waals surface area contributed by atoms with E-state index >= 15 is 0 Å². The van der Waals surface area contributed by atoms with Crippen LogP contribution in [0.25, 0.3) is 0 Å². The van der Waals surface area contributed by atoms with Gasteiger partial charge in [-0.25, -0.2) is 0 Å². The van der Waals surface area contributed by atoms with E-state index in [1.807, 2.05) is 0 Å². The highest BCUT2D eigenvalue weighted by atomic mass is 16.3. The molecule has 0 bridgehead atoms. The minimum Gasteiger partial charge on any atom is -0.392 e. The molecule has 100 valence electrons. The predicted molar refractivity (Wildman–Crippen MR) is 71.1 cm³/mol. The summed E-state index contributed by atoms with van der Waals surface area (Å²) in [5.41, 5.74) is 0.0679. The first-order valence-electron chi connectivity index (χ1n) is 7.13. The molecule has 2 fully saturated rings. The third-order valence-corrected chi connectivity index (χ3v) is 5.01. The Morgan fingerprint density at radius 3 is 2.71 bits per heavy atom. The van der Waals surface area contributed by atoms with Crippen LogP contribution in [-0.2, 0) is 0 Å². The van der Waals surface area contributed by atoms with Crippen molar-refractivity contribution in [2.45, 2.75) is 64.1 Å². The predicted octanol–water partition coefficient (Wildman–Crippen LogP) is 1.61. The van der Waals surface area contributed by atoms with E-state index < -0.39 is 0 Å². The molecular formula is C14H28N2O. The quantitative estimate of drug-likeness (QED) is 0.783. The van der Waals surface area contributed by atoms with Crippen molar-refractivity contribution in [2.24, 2.45) is 5.41 Å². The molecule has 0 aromatic carbocycles. The fraction of sp³-hybridized carbons (Fsp3) is 1.00. The SMILES string of the molecule is CN1CCCCC1CCNC1CC(O)C1(C)C. The molecule has 3 unspecified atom stereocenters. The highest BCUT2D eigenvalue weighted by molar-refractivity contribution is 5.01. The Morgan fingerprint density at radius 1 is 1.35 bits per heavy atom. The Balaban J connectivity index is 1.66. The van der Waals surface area contributed by atoms with Gasteiger partial charge >= 0.3 is 0 Å². The van der Waals surface area contributed by atoms with Crippen LogP contribution in [0.15, 0.2) is 0 Å². The summed E-state index contributed by atoms with van der Waals surface area (Å²) >= 11 is 0. The van der Waals surface area contributed by atoms with Crippen molar-refractivity contribution in [2.75, 3.05) is 20.1 Å². The van der Waals surface area contributed by atoms with Gasteiger partial charge < -0.3 is 15.3 Å². The van der Waals surface area contributed by atoms with Crippen LogP contribution in [0, 0.1) is 5.41 Å². The summed E-state index contributed by atoms with van der Waals surface area (Å²) in [6.45, 7) is 6.67. The van der Waals surface area contributed by atoms with Crippen molar-refractivity contribution in [3.63, 3.8) is 0 Å². The molecule has 1 saturated heterocycles. The van der Waals surface area contributed by atoms with Crippen LogP contribution in [-0.4, -0.2) is 48.3 Å². The maximum absolute atomic E-state index is 9.69. The molecule has 2 rings (SSSR count). The van der Waals surface area contributed by atoms with Gasteiger partial charge in [0, 0.05) is 17.5 Å². The number of aliphatic hydroxyl groups excluding tert-OH is 1. The molecule has 1 aliphatic carbocycles. The highest BCUT2D eigenvalue weighted by Gasteiger charge is 2.46. The lowest BCUT2D eigenvalue weighted by molar-refractivity contribution is -0.0726. The normalized spacial score (nSPS) is 37.8. The minimum atomic E-state index is -0.114. The van der Waals surface area contributed by atoms with Crippen molar-refractivity contribution < 1.29 is 5.11 Å². The zero-order chi connectivity index (χ0) is 12.5. The Kier molecular flexibility index (Phi) is 4.11. The van der Waals surface area contributed by atoms with E-state index in [9.17, 15) is 5.11 Å². The molecular weight excluding hydrogens is 212 g/mol. The van der Waals surface area contributed by atoms with Gasteiger partial charge in [-0.2, -0.15) is 0 Å². The van der Waals surface area contributed by atoms with E-state index in [0.717, 1.165) is 19.0 Å². The Morgan fingerprint density at radius 2 is 2.12 bits per heavy atom. The van der Waals surface area contributed by atoms with Crippen LogP contribution in [0.4, 0.5) is 0 Å². The second kappa shape index (κ2) is 5.25. The average molecular weight is 240 g/mol. The lowest BCUT2D eigenvalue weighted by Crippen LogP contribution is -2.60. The van der Waals surface area contributed by atoms with E-state index in [1.54, 1.807) is 0 Å². The fourth-order valence-corrected chi connectivity index (χ4v) is 3.18. The highest BCUT2D eigenvalue weighted by Crippen LogP contribution is 2.40. The first kappa shape index (κ1) is 13.3. The van der Waals surface area contributed by atoms with Crippen LogP contribution < -0.4 is 5.32 Å². The van der Waals surface area contributed by atoms with E-state index in [4.69, 9.17) is 0 Å². The summed E-state index contributed by atoms with van der Waals surface area (Å²) in [6.07, 6.45) is 6.17. The van der Waals surface area contributed by atoms with Gasteiger partial charge in [-0.15, -0.1) is 0 Å². The van der Waals surface area contributed by atoms with Gasteiger partial charge in [0.2, 0.25) is 0 Å². The summed E-state index contributed by atoms with van der Waals surface area (Å²) < 4.78 is 0. The van der Waals surface area contributed by atoms with Crippen LogP contribution in [0.5, 0.6) is 0 Å². The Labute approximate surface area is 106 Å². The van der Waals surface area contributed by atoms with Crippen LogP contribution in [0.1, 0.15) is 46.0 Å². The molecule has 17 heavy (non-hydrogen) atoms. The van der Waals surface area contributed by atoms with Gasteiger partial charge in [0.15, 0.2) is 0 Å². The second-order valence-corrected chi connectivity index (χ2v) is 6.50. The second-order valence-electron chi connectivity index (χ2n) is 6.50. The summed E-state index contributed by atoms with van der Waals surface area (Å²) in [5.74, 6) is 0. The van der Waals surface area contributed by atoms with Crippen molar-refractivity contribution in [3.05, 3.63) is 0 Å². The van der Waals surface area contributed by atoms with Gasteiger partial charge in [0.1, 0.15) is 0 Å². The van der Waals surface area contributed by atoms with E-state index in [0.29, 0.717) is 6.04 Å². The average Bonchev–Trinajstić information content (AvgIpc) is 2.30. The van der Waals surface area contributed by atoms with E-state index in [2.05, 4.69) is 31.1 Å². The fourth-order valence-electron chi connectivity index (χ4n) is 3.18. The number of aliphatic hydroxyl groups is 1. The summed E-state index contributed by atoms with van der Waals surface area (Å²) in [4.78, 5) is 2.51. The topological polar surface area (TPSA) is 35.5 Å². The molecule has 0 amide bonds. The molecule has 3 nitrogen and oxygen atoms in total. The van der Waals surface area contributed by atoms with Gasteiger partial charge in [-0.3, -0.25) is 0 Å². The third-order valence-electron chi connectivity index (χ3n) is 5.01. The first-order valence-corrected chi connectivity index (χ1v) is 7.13. The molecule has 3 atom stereocenters. The van der Waals surface area contributed by atoms with Crippen molar-refractivity contribution in [3.8, 4) is 0 Å². The Bertz CT molecular complexity index is 251. The maximum atomic E-state index is 9.69. The summed E-state index contributed by atoms with van der Waals surface area (Å²) in [5, 5.41) is 13.3. The summed E-state index contributed by atoms with van der Waals surface area (Å²) in [7, 11) is 2.25. The number of hydrogen-bond acceptors (Lipinski definition) is 3. The zero-order valence-corrected chi connectivity index (χ0v) is 11.6. The van der Waals surface area contributed by atoms with Crippen LogP contribution in [0.3, 0.4) is 0 Å². The molecule has 0 radical (unpaired) electrons. The van der Waals surface area contributed by atoms with Gasteiger partial charge in [0.05, 0.1) is 6.10 Å².